The maximum atomic E-state index is 11.8. The van der Waals surface area contributed by atoms with E-state index in [1.807, 2.05) is 0 Å². The molecule has 1 heterocycles. The summed E-state index contributed by atoms with van der Waals surface area (Å²) < 4.78 is 0. The monoisotopic (exact) mass is 217 g/mol. The Labute approximate surface area is 90.9 Å². The molecule has 0 saturated heterocycles. The van der Waals surface area contributed by atoms with Crippen LogP contribution in [0.4, 0.5) is 0 Å². The van der Waals surface area contributed by atoms with Gasteiger partial charge in [0.15, 0.2) is 0 Å². The summed E-state index contributed by atoms with van der Waals surface area (Å²) in [7, 11) is 0. The van der Waals surface area contributed by atoms with E-state index < -0.39 is 5.54 Å². The number of aromatic nitrogens is 2. The molecule has 4 N–H and O–H groups in total. The Bertz CT molecular complexity index is 629. The summed E-state index contributed by atoms with van der Waals surface area (Å²) in [6.45, 7) is 0. The highest BCUT2D eigenvalue weighted by Gasteiger charge is 2.42. The lowest BCUT2D eigenvalue weighted by atomic mass is 10.2. The van der Waals surface area contributed by atoms with Gasteiger partial charge in [-0.05, 0) is 25.0 Å². The number of para-hydroxylation sites is 1. The van der Waals surface area contributed by atoms with E-state index >= 15 is 0 Å². The van der Waals surface area contributed by atoms with Gasteiger partial charge >= 0.3 is 0 Å². The maximum absolute atomic E-state index is 11.8. The van der Waals surface area contributed by atoms with E-state index in [0.29, 0.717) is 16.7 Å². The van der Waals surface area contributed by atoms with Crippen molar-refractivity contribution in [1.82, 2.24) is 9.97 Å². The van der Waals surface area contributed by atoms with Crippen molar-refractivity contribution < 1.29 is 5.11 Å². The predicted octanol–water partition coefficient (Wildman–Crippen LogP) is 0.577. The fourth-order valence-electron chi connectivity index (χ4n) is 1.75. The van der Waals surface area contributed by atoms with Crippen LogP contribution in [0.25, 0.3) is 10.9 Å². The predicted molar refractivity (Wildman–Crippen MR) is 59.1 cm³/mol. The average molecular weight is 217 g/mol. The lowest BCUT2D eigenvalue weighted by molar-refractivity contribution is 0.479. The molecule has 5 nitrogen and oxygen atoms in total. The molecular formula is C11H11N3O2. The standard InChI is InChI=1S/C11H11N3O2/c12-11(4-5-11)10-13-8-6(9(16)14-10)2-1-3-7(8)15/h1-3,15H,4-5,12H2,(H,13,14,16). The third-order valence-electron chi connectivity index (χ3n) is 2.98. The van der Waals surface area contributed by atoms with Crippen molar-refractivity contribution in [3.05, 3.63) is 34.4 Å². The molecule has 1 fully saturated rings. The number of benzene rings is 1. The third-order valence-corrected chi connectivity index (χ3v) is 2.98. The molecule has 2 aromatic rings. The lowest BCUT2D eigenvalue weighted by Gasteiger charge is -2.08. The molecule has 0 atom stereocenters. The Hall–Kier alpha value is -1.88. The van der Waals surface area contributed by atoms with Crippen molar-refractivity contribution in [1.29, 1.82) is 0 Å². The zero-order valence-corrected chi connectivity index (χ0v) is 8.53. The lowest BCUT2D eigenvalue weighted by Crippen LogP contribution is -2.26. The van der Waals surface area contributed by atoms with Gasteiger partial charge in [0, 0.05) is 0 Å². The van der Waals surface area contributed by atoms with E-state index in [9.17, 15) is 9.90 Å². The molecule has 1 aromatic heterocycles. The second-order valence-corrected chi connectivity index (χ2v) is 4.24. The summed E-state index contributed by atoms with van der Waals surface area (Å²) >= 11 is 0. The quantitative estimate of drug-likeness (QED) is 0.651. The Kier molecular flexibility index (Phi) is 1.65. The number of rotatable bonds is 1. The van der Waals surface area contributed by atoms with Crippen molar-refractivity contribution in [2.75, 3.05) is 0 Å². The van der Waals surface area contributed by atoms with Crippen molar-refractivity contribution >= 4 is 10.9 Å². The number of fused-ring (bicyclic) bond motifs is 1. The number of hydrogen-bond acceptors (Lipinski definition) is 4. The van der Waals surface area contributed by atoms with Crippen LogP contribution in [-0.4, -0.2) is 15.1 Å². The summed E-state index contributed by atoms with van der Waals surface area (Å²) in [6, 6.07) is 4.75. The van der Waals surface area contributed by atoms with E-state index in [1.165, 1.54) is 6.07 Å². The fourth-order valence-corrected chi connectivity index (χ4v) is 1.75. The number of H-pyrrole nitrogens is 1. The molecule has 82 valence electrons. The summed E-state index contributed by atoms with van der Waals surface area (Å²) in [5, 5.41) is 10.0. The molecule has 1 saturated carbocycles. The van der Waals surface area contributed by atoms with Crippen LogP contribution in [0.3, 0.4) is 0 Å². The number of phenols is 1. The molecule has 1 aromatic carbocycles. The second-order valence-electron chi connectivity index (χ2n) is 4.24. The SMILES string of the molecule is NC1(c2nc3c(O)cccc3c(=O)[nH]2)CC1. The minimum absolute atomic E-state index is 0.00843. The van der Waals surface area contributed by atoms with Gasteiger partial charge < -0.3 is 15.8 Å². The van der Waals surface area contributed by atoms with Gasteiger partial charge in [-0.15, -0.1) is 0 Å². The molecule has 0 radical (unpaired) electrons. The van der Waals surface area contributed by atoms with Crippen LogP contribution in [0.5, 0.6) is 5.75 Å². The number of nitrogens with one attached hydrogen (secondary N) is 1. The first-order valence-electron chi connectivity index (χ1n) is 5.11. The van der Waals surface area contributed by atoms with Gasteiger partial charge in [0.1, 0.15) is 17.1 Å². The van der Waals surface area contributed by atoms with Crippen LogP contribution in [0.15, 0.2) is 23.0 Å². The van der Waals surface area contributed by atoms with Gasteiger partial charge in [0.25, 0.3) is 5.56 Å². The number of hydrogen-bond donors (Lipinski definition) is 3. The Morgan fingerprint density at radius 2 is 2.19 bits per heavy atom. The largest absolute Gasteiger partial charge is 0.506 e. The normalized spacial score (nSPS) is 17.6. The van der Waals surface area contributed by atoms with Gasteiger partial charge in [-0.25, -0.2) is 4.98 Å². The molecular weight excluding hydrogens is 206 g/mol. The first kappa shape index (κ1) is 9.35. The second kappa shape index (κ2) is 2.82. The van der Waals surface area contributed by atoms with Crippen LogP contribution in [-0.2, 0) is 5.54 Å². The van der Waals surface area contributed by atoms with E-state index in [-0.39, 0.29) is 11.3 Å². The molecule has 0 spiro atoms. The van der Waals surface area contributed by atoms with Crippen LogP contribution in [0, 0.1) is 0 Å². The van der Waals surface area contributed by atoms with Gasteiger partial charge in [0.05, 0.1) is 10.9 Å². The molecule has 16 heavy (non-hydrogen) atoms. The summed E-state index contributed by atoms with van der Waals surface area (Å²) in [5.74, 6) is 0.473. The van der Waals surface area contributed by atoms with Crippen molar-refractivity contribution in [2.24, 2.45) is 5.73 Å². The highest BCUT2D eigenvalue weighted by molar-refractivity contribution is 5.83. The zero-order chi connectivity index (χ0) is 11.3. The minimum Gasteiger partial charge on any atom is -0.506 e. The first-order chi connectivity index (χ1) is 7.60. The fraction of sp³-hybridized carbons (Fsp3) is 0.273. The highest BCUT2D eigenvalue weighted by atomic mass is 16.3. The smallest absolute Gasteiger partial charge is 0.258 e. The summed E-state index contributed by atoms with van der Waals surface area (Å²) in [4.78, 5) is 18.7. The Balaban J connectivity index is 2.37. The molecule has 3 rings (SSSR count). The third kappa shape index (κ3) is 1.22. The maximum Gasteiger partial charge on any atom is 0.258 e. The number of nitrogens with two attached hydrogens (primary N) is 1. The number of aromatic hydroxyl groups is 1. The molecule has 0 aliphatic heterocycles. The zero-order valence-electron chi connectivity index (χ0n) is 8.53. The van der Waals surface area contributed by atoms with E-state index in [1.54, 1.807) is 12.1 Å². The molecule has 5 heteroatoms. The number of nitrogens with zero attached hydrogens (tertiary/aromatic N) is 1. The van der Waals surface area contributed by atoms with Gasteiger partial charge in [-0.2, -0.15) is 0 Å². The van der Waals surface area contributed by atoms with Crippen molar-refractivity contribution in [3.63, 3.8) is 0 Å². The van der Waals surface area contributed by atoms with Crippen LogP contribution >= 0.6 is 0 Å². The minimum atomic E-state index is -0.504. The van der Waals surface area contributed by atoms with Gasteiger partial charge in [0.2, 0.25) is 0 Å². The van der Waals surface area contributed by atoms with Crippen LogP contribution in [0.1, 0.15) is 18.7 Å². The highest BCUT2D eigenvalue weighted by Crippen LogP contribution is 2.40. The Morgan fingerprint density at radius 3 is 2.88 bits per heavy atom. The van der Waals surface area contributed by atoms with Crippen LogP contribution in [0.2, 0.25) is 0 Å². The Morgan fingerprint density at radius 1 is 1.44 bits per heavy atom. The van der Waals surface area contributed by atoms with E-state index in [2.05, 4.69) is 9.97 Å². The number of aromatic amines is 1. The van der Waals surface area contributed by atoms with Crippen molar-refractivity contribution in [2.45, 2.75) is 18.4 Å². The van der Waals surface area contributed by atoms with E-state index in [0.717, 1.165) is 12.8 Å². The number of phenolic OH excluding ortho intramolecular Hbond substituents is 1. The average Bonchev–Trinajstić information content (AvgIpc) is 2.99. The molecule has 0 bridgehead atoms. The molecule has 1 aliphatic rings. The van der Waals surface area contributed by atoms with E-state index in [4.69, 9.17) is 5.73 Å². The van der Waals surface area contributed by atoms with Gasteiger partial charge in [-0.3, -0.25) is 4.79 Å². The van der Waals surface area contributed by atoms with Crippen molar-refractivity contribution in [3.8, 4) is 5.75 Å². The summed E-state index contributed by atoms with van der Waals surface area (Å²) in [5.41, 5.74) is 5.52. The molecule has 0 unspecified atom stereocenters. The first-order valence-corrected chi connectivity index (χ1v) is 5.11. The van der Waals surface area contributed by atoms with Crippen LogP contribution < -0.4 is 11.3 Å². The van der Waals surface area contributed by atoms with Gasteiger partial charge in [-0.1, -0.05) is 6.07 Å². The molecule has 1 aliphatic carbocycles. The molecule has 0 amide bonds. The topological polar surface area (TPSA) is 92.0 Å². The summed E-state index contributed by atoms with van der Waals surface area (Å²) in [6.07, 6.45) is 1.63.